The van der Waals surface area contributed by atoms with Crippen molar-refractivity contribution in [1.82, 2.24) is 10.2 Å². The molecule has 1 aromatic carbocycles. The zero-order valence-corrected chi connectivity index (χ0v) is 19.2. The minimum atomic E-state index is -0.145. The Morgan fingerprint density at radius 1 is 1.33 bits per heavy atom. The van der Waals surface area contributed by atoms with E-state index in [1.165, 1.54) is 12.7 Å². The Kier molecular flexibility index (Phi) is 10.1. The second-order valence-corrected chi connectivity index (χ2v) is 7.09. The molecule has 0 spiro atoms. The van der Waals surface area contributed by atoms with Crippen LogP contribution in [0.2, 0.25) is 0 Å². The molecule has 0 bridgehead atoms. The molecule has 152 valence electrons. The zero-order valence-electron chi connectivity index (χ0n) is 16.9. The predicted octanol–water partition coefficient (Wildman–Crippen LogP) is 3.05. The number of methoxy groups -OCH3 is 1. The van der Waals surface area contributed by atoms with E-state index in [-0.39, 0.29) is 47.9 Å². The number of nitrogens with zero attached hydrogens (tertiary/aromatic N) is 2. The van der Waals surface area contributed by atoms with Gasteiger partial charge >= 0.3 is 5.97 Å². The number of carbonyl (C=O) groups excluding carboxylic acids is 1. The minimum absolute atomic E-state index is 0. The van der Waals surface area contributed by atoms with Gasteiger partial charge in [0.15, 0.2) is 5.96 Å². The van der Waals surface area contributed by atoms with Gasteiger partial charge in [0, 0.05) is 26.7 Å². The highest BCUT2D eigenvalue weighted by atomic mass is 127. The Morgan fingerprint density at radius 3 is 2.67 bits per heavy atom. The van der Waals surface area contributed by atoms with Gasteiger partial charge in [-0.2, -0.15) is 0 Å². The summed E-state index contributed by atoms with van der Waals surface area (Å²) in [6.45, 7) is 8.87. The van der Waals surface area contributed by atoms with Crippen molar-refractivity contribution in [2.24, 2.45) is 16.8 Å². The SMILES string of the molecule is CN=C(NCc1cccc(COC(C)C)c1)N1CC(C)C(C(=O)OC)C1.I. The van der Waals surface area contributed by atoms with Crippen LogP contribution in [0.3, 0.4) is 0 Å². The van der Waals surface area contributed by atoms with Crippen molar-refractivity contribution in [3.63, 3.8) is 0 Å². The number of carbonyl (C=O) groups is 1. The zero-order chi connectivity index (χ0) is 19.1. The van der Waals surface area contributed by atoms with E-state index in [1.54, 1.807) is 7.05 Å². The van der Waals surface area contributed by atoms with Crippen molar-refractivity contribution < 1.29 is 14.3 Å². The number of nitrogens with one attached hydrogen (secondary N) is 1. The summed E-state index contributed by atoms with van der Waals surface area (Å²) in [4.78, 5) is 18.4. The van der Waals surface area contributed by atoms with Crippen LogP contribution in [-0.2, 0) is 27.4 Å². The van der Waals surface area contributed by atoms with E-state index in [4.69, 9.17) is 9.47 Å². The van der Waals surface area contributed by atoms with Crippen molar-refractivity contribution in [3.8, 4) is 0 Å². The Balaban J connectivity index is 0.00000364. The lowest BCUT2D eigenvalue weighted by Crippen LogP contribution is -2.40. The van der Waals surface area contributed by atoms with Crippen LogP contribution in [-0.4, -0.2) is 50.2 Å². The molecule has 2 rings (SSSR count). The number of aliphatic imine (C=N–C) groups is 1. The average Bonchev–Trinajstić information content (AvgIpc) is 3.02. The summed E-state index contributed by atoms with van der Waals surface area (Å²) in [5, 5.41) is 3.40. The van der Waals surface area contributed by atoms with Crippen LogP contribution < -0.4 is 5.32 Å². The van der Waals surface area contributed by atoms with E-state index in [2.05, 4.69) is 40.3 Å². The van der Waals surface area contributed by atoms with Gasteiger partial charge < -0.3 is 19.7 Å². The molecule has 1 N–H and O–H groups in total. The first kappa shape index (κ1) is 23.7. The smallest absolute Gasteiger partial charge is 0.310 e. The number of likely N-dealkylation sites (tertiary alicyclic amines) is 1. The molecule has 1 heterocycles. The molecule has 1 aliphatic heterocycles. The molecule has 27 heavy (non-hydrogen) atoms. The van der Waals surface area contributed by atoms with E-state index >= 15 is 0 Å². The van der Waals surface area contributed by atoms with E-state index in [0.717, 1.165) is 18.1 Å². The third kappa shape index (κ3) is 6.95. The third-order valence-corrected chi connectivity index (χ3v) is 4.65. The Labute approximate surface area is 179 Å². The van der Waals surface area contributed by atoms with Gasteiger partial charge in [0.05, 0.1) is 25.7 Å². The molecule has 0 radical (unpaired) electrons. The number of hydrogen-bond donors (Lipinski definition) is 1. The molecule has 1 aromatic rings. The second-order valence-electron chi connectivity index (χ2n) is 7.09. The van der Waals surface area contributed by atoms with E-state index < -0.39 is 0 Å². The van der Waals surface area contributed by atoms with Crippen LogP contribution in [0.1, 0.15) is 31.9 Å². The Hall–Kier alpha value is -1.35. The van der Waals surface area contributed by atoms with E-state index in [9.17, 15) is 4.79 Å². The van der Waals surface area contributed by atoms with Gasteiger partial charge in [0.1, 0.15) is 0 Å². The number of rotatable bonds is 6. The number of ether oxygens (including phenoxy) is 2. The van der Waals surface area contributed by atoms with Crippen LogP contribution in [0.5, 0.6) is 0 Å². The maximum Gasteiger partial charge on any atom is 0.310 e. The van der Waals surface area contributed by atoms with Crippen molar-refractivity contribution >= 4 is 35.9 Å². The largest absolute Gasteiger partial charge is 0.469 e. The fourth-order valence-corrected chi connectivity index (χ4v) is 3.20. The van der Waals surface area contributed by atoms with Crippen LogP contribution in [0.25, 0.3) is 0 Å². The monoisotopic (exact) mass is 489 g/mol. The summed E-state index contributed by atoms with van der Waals surface area (Å²) in [6, 6.07) is 8.35. The summed E-state index contributed by atoms with van der Waals surface area (Å²) in [5.41, 5.74) is 2.33. The molecular weight excluding hydrogens is 457 g/mol. The molecule has 1 aliphatic rings. The number of benzene rings is 1. The second kappa shape index (κ2) is 11.5. The lowest BCUT2D eigenvalue weighted by molar-refractivity contribution is -0.145. The fourth-order valence-electron chi connectivity index (χ4n) is 3.20. The lowest BCUT2D eigenvalue weighted by atomic mass is 9.99. The van der Waals surface area contributed by atoms with Crippen molar-refractivity contribution in [1.29, 1.82) is 0 Å². The number of esters is 1. The van der Waals surface area contributed by atoms with Gasteiger partial charge in [-0.05, 0) is 30.9 Å². The maximum atomic E-state index is 11.9. The molecule has 0 aliphatic carbocycles. The normalized spacial score (nSPS) is 19.8. The predicted molar refractivity (Wildman–Crippen MR) is 118 cm³/mol. The number of halogens is 1. The van der Waals surface area contributed by atoms with Gasteiger partial charge in [-0.1, -0.05) is 31.2 Å². The number of guanidine groups is 1. The molecule has 6 nitrogen and oxygen atoms in total. The highest BCUT2D eigenvalue weighted by Crippen LogP contribution is 2.24. The summed E-state index contributed by atoms with van der Waals surface area (Å²) < 4.78 is 10.6. The van der Waals surface area contributed by atoms with Gasteiger partial charge in [-0.25, -0.2) is 0 Å². The summed E-state index contributed by atoms with van der Waals surface area (Å²) >= 11 is 0. The van der Waals surface area contributed by atoms with Gasteiger partial charge in [0.2, 0.25) is 0 Å². The minimum Gasteiger partial charge on any atom is -0.469 e. The highest BCUT2D eigenvalue weighted by molar-refractivity contribution is 14.0. The summed E-state index contributed by atoms with van der Waals surface area (Å²) in [5.74, 6) is 0.813. The first-order chi connectivity index (χ1) is 12.4. The molecule has 0 aromatic heterocycles. The lowest BCUT2D eigenvalue weighted by Gasteiger charge is -2.21. The van der Waals surface area contributed by atoms with E-state index in [1.807, 2.05) is 19.9 Å². The van der Waals surface area contributed by atoms with Crippen molar-refractivity contribution in [2.45, 2.75) is 40.0 Å². The topological polar surface area (TPSA) is 63.2 Å². The first-order valence-corrected chi connectivity index (χ1v) is 9.17. The first-order valence-electron chi connectivity index (χ1n) is 9.17. The molecule has 1 saturated heterocycles. The molecule has 2 unspecified atom stereocenters. The average molecular weight is 489 g/mol. The summed E-state index contributed by atoms with van der Waals surface area (Å²) in [7, 11) is 3.21. The molecule has 0 amide bonds. The van der Waals surface area contributed by atoms with Crippen LogP contribution in [0.15, 0.2) is 29.3 Å². The molecular formula is C20H32IN3O3. The Bertz CT molecular complexity index is 637. The molecule has 0 saturated carbocycles. The van der Waals surface area contributed by atoms with Gasteiger partial charge in [-0.15, -0.1) is 24.0 Å². The fraction of sp³-hybridized carbons (Fsp3) is 0.600. The van der Waals surface area contributed by atoms with Gasteiger partial charge in [-0.3, -0.25) is 9.79 Å². The molecule has 7 heteroatoms. The third-order valence-electron chi connectivity index (χ3n) is 4.65. The Morgan fingerprint density at radius 2 is 2.04 bits per heavy atom. The maximum absolute atomic E-state index is 11.9. The van der Waals surface area contributed by atoms with Gasteiger partial charge in [0.25, 0.3) is 0 Å². The number of hydrogen-bond acceptors (Lipinski definition) is 4. The molecule has 1 fully saturated rings. The van der Waals surface area contributed by atoms with Crippen LogP contribution in [0, 0.1) is 11.8 Å². The molecule has 2 atom stereocenters. The van der Waals surface area contributed by atoms with Crippen LogP contribution in [0.4, 0.5) is 0 Å². The highest BCUT2D eigenvalue weighted by Gasteiger charge is 2.36. The van der Waals surface area contributed by atoms with Crippen molar-refractivity contribution in [3.05, 3.63) is 35.4 Å². The summed E-state index contributed by atoms with van der Waals surface area (Å²) in [6.07, 6.45) is 0.218. The van der Waals surface area contributed by atoms with Crippen molar-refractivity contribution in [2.75, 3.05) is 27.2 Å². The van der Waals surface area contributed by atoms with E-state index in [0.29, 0.717) is 19.7 Å². The standard InChI is InChI=1S/C20H31N3O3.HI/c1-14(2)26-13-17-8-6-7-16(9-17)10-22-20(21-4)23-11-15(3)18(12-23)19(24)25-5;/h6-9,14-15,18H,10-13H2,1-5H3,(H,21,22);1H. The quantitative estimate of drug-likeness (QED) is 0.288. The van der Waals surface area contributed by atoms with Crippen LogP contribution >= 0.6 is 24.0 Å².